The molecule has 0 saturated heterocycles. The number of halogens is 2. The van der Waals surface area contributed by atoms with Crippen molar-refractivity contribution < 1.29 is 4.39 Å². The summed E-state index contributed by atoms with van der Waals surface area (Å²) in [5.74, 6) is 5.23. The van der Waals surface area contributed by atoms with Crippen LogP contribution in [-0.4, -0.2) is 0 Å². The lowest BCUT2D eigenvalue weighted by molar-refractivity contribution is 0.546. The van der Waals surface area contributed by atoms with E-state index < -0.39 is 5.82 Å². The molecule has 2 nitrogen and oxygen atoms in total. The molecule has 0 fully saturated rings. The van der Waals surface area contributed by atoms with Crippen molar-refractivity contribution in [3.8, 4) is 0 Å². The van der Waals surface area contributed by atoms with Crippen LogP contribution in [0.15, 0.2) is 47.8 Å². The number of fused-ring (bicyclic) bond motifs is 1. The van der Waals surface area contributed by atoms with Gasteiger partial charge in [-0.25, -0.2) is 4.39 Å². The summed E-state index contributed by atoms with van der Waals surface area (Å²) in [5.41, 5.74) is 4.75. The van der Waals surface area contributed by atoms with E-state index >= 15 is 0 Å². The Balaban J connectivity index is 1.92. The van der Waals surface area contributed by atoms with Gasteiger partial charge in [-0.3, -0.25) is 11.3 Å². The fourth-order valence-electron chi connectivity index (χ4n) is 2.41. The zero-order chi connectivity index (χ0) is 14.8. The van der Waals surface area contributed by atoms with Gasteiger partial charge >= 0.3 is 0 Å². The van der Waals surface area contributed by atoms with Crippen molar-refractivity contribution in [2.75, 3.05) is 0 Å². The molecule has 5 heteroatoms. The Bertz CT molecular complexity index is 772. The fourth-order valence-corrected chi connectivity index (χ4v) is 3.51. The van der Waals surface area contributed by atoms with E-state index in [1.165, 1.54) is 21.7 Å². The highest BCUT2D eigenvalue weighted by Crippen LogP contribution is 2.30. The Labute approximate surface area is 131 Å². The average molecular weight is 321 g/mol. The quantitative estimate of drug-likeness (QED) is 0.551. The number of benzene rings is 2. The highest BCUT2D eigenvalue weighted by Gasteiger charge is 2.15. The summed E-state index contributed by atoms with van der Waals surface area (Å²) >= 11 is 7.43. The van der Waals surface area contributed by atoms with Crippen LogP contribution in [0.1, 0.15) is 17.2 Å². The van der Waals surface area contributed by atoms with Crippen molar-refractivity contribution in [1.29, 1.82) is 0 Å². The molecule has 0 aliphatic heterocycles. The normalized spacial score (nSPS) is 12.7. The second kappa shape index (κ2) is 6.12. The van der Waals surface area contributed by atoms with Gasteiger partial charge < -0.3 is 0 Å². The molecule has 108 valence electrons. The Morgan fingerprint density at radius 3 is 2.81 bits per heavy atom. The summed E-state index contributed by atoms with van der Waals surface area (Å²) in [5, 5.41) is 3.47. The molecule has 0 aliphatic carbocycles. The highest BCUT2D eigenvalue weighted by atomic mass is 35.5. The minimum Gasteiger partial charge on any atom is -0.271 e. The first kappa shape index (κ1) is 14.5. The SMILES string of the molecule is NNC(Cc1csc2ccccc12)c1ccc(Cl)c(F)c1. The predicted molar refractivity (Wildman–Crippen MR) is 87.0 cm³/mol. The molecule has 3 N–H and O–H groups in total. The van der Waals surface area contributed by atoms with Gasteiger partial charge in [-0.05, 0) is 46.5 Å². The first-order valence-corrected chi connectivity index (χ1v) is 7.81. The third-order valence-electron chi connectivity index (χ3n) is 3.53. The van der Waals surface area contributed by atoms with Gasteiger partial charge in [0, 0.05) is 4.70 Å². The Kier molecular flexibility index (Phi) is 4.22. The molecule has 1 unspecified atom stereocenters. The van der Waals surface area contributed by atoms with E-state index in [9.17, 15) is 4.39 Å². The maximum absolute atomic E-state index is 13.6. The van der Waals surface area contributed by atoms with Gasteiger partial charge in [0.15, 0.2) is 0 Å². The van der Waals surface area contributed by atoms with E-state index in [1.807, 2.05) is 12.1 Å². The van der Waals surface area contributed by atoms with Gasteiger partial charge in [-0.1, -0.05) is 35.9 Å². The molecule has 2 aromatic carbocycles. The minimum atomic E-state index is -0.426. The summed E-state index contributed by atoms with van der Waals surface area (Å²) < 4.78 is 14.9. The lowest BCUT2D eigenvalue weighted by atomic mass is 9.99. The second-order valence-corrected chi connectivity index (χ2v) is 6.17. The van der Waals surface area contributed by atoms with Crippen LogP contribution in [0.5, 0.6) is 0 Å². The van der Waals surface area contributed by atoms with Crippen LogP contribution in [0.25, 0.3) is 10.1 Å². The summed E-state index contributed by atoms with van der Waals surface area (Å²) in [6.45, 7) is 0. The van der Waals surface area contributed by atoms with Crippen molar-refractivity contribution in [3.05, 3.63) is 69.8 Å². The van der Waals surface area contributed by atoms with Crippen molar-refractivity contribution >= 4 is 33.0 Å². The van der Waals surface area contributed by atoms with E-state index in [1.54, 1.807) is 23.5 Å². The van der Waals surface area contributed by atoms with Crippen molar-refractivity contribution in [2.45, 2.75) is 12.5 Å². The summed E-state index contributed by atoms with van der Waals surface area (Å²) in [6.07, 6.45) is 0.696. The van der Waals surface area contributed by atoms with Crippen LogP contribution in [0.3, 0.4) is 0 Å². The van der Waals surface area contributed by atoms with E-state index in [0.717, 1.165) is 5.56 Å². The topological polar surface area (TPSA) is 38.0 Å². The van der Waals surface area contributed by atoms with Gasteiger partial charge in [0.2, 0.25) is 0 Å². The lowest BCUT2D eigenvalue weighted by Crippen LogP contribution is -2.29. The van der Waals surface area contributed by atoms with Crippen LogP contribution in [-0.2, 0) is 6.42 Å². The average Bonchev–Trinajstić information content (AvgIpc) is 2.91. The van der Waals surface area contributed by atoms with E-state index in [2.05, 4.69) is 22.9 Å². The van der Waals surface area contributed by atoms with Gasteiger partial charge in [-0.15, -0.1) is 11.3 Å². The number of hydrazine groups is 1. The Hall–Kier alpha value is -1.46. The lowest BCUT2D eigenvalue weighted by Gasteiger charge is -2.16. The first-order chi connectivity index (χ1) is 10.2. The maximum Gasteiger partial charge on any atom is 0.142 e. The first-order valence-electron chi connectivity index (χ1n) is 6.55. The third-order valence-corrected chi connectivity index (χ3v) is 4.85. The van der Waals surface area contributed by atoms with Crippen molar-refractivity contribution in [1.82, 2.24) is 5.43 Å². The molecular weight excluding hydrogens is 307 g/mol. The number of nitrogens with one attached hydrogen (secondary N) is 1. The van der Waals surface area contributed by atoms with Crippen molar-refractivity contribution in [3.63, 3.8) is 0 Å². The third kappa shape index (κ3) is 2.94. The number of rotatable bonds is 4. The van der Waals surface area contributed by atoms with E-state index in [0.29, 0.717) is 6.42 Å². The fraction of sp³-hybridized carbons (Fsp3) is 0.125. The molecule has 1 heterocycles. The van der Waals surface area contributed by atoms with Gasteiger partial charge in [0.05, 0.1) is 11.1 Å². The van der Waals surface area contributed by atoms with Crippen LogP contribution in [0.4, 0.5) is 4.39 Å². The van der Waals surface area contributed by atoms with E-state index in [4.69, 9.17) is 17.4 Å². The molecule has 1 atom stereocenters. The Morgan fingerprint density at radius 2 is 2.05 bits per heavy atom. The molecule has 0 aliphatic rings. The highest BCUT2D eigenvalue weighted by molar-refractivity contribution is 7.17. The monoisotopic (exact) mass is 320 g/mol. The smallest absolute Gasteiger partial charge is 0.142 e. The van der Waals surface area contributed by atoms with Crippen LogP contribution in [0, 0.1) is 5.82 Å². The summed E-state index contributed by atoms with van der Waals surface area (Å²) in [7, 11) is 0. The van der Waals surface area contributed by atoms with Crippen LogP contribution >= 0.6 is 22.9 Å². The molecule has 0 radical (unpaired) electrons. The Morgan fingerprint density at radius 1 is 1.24 bits per heavy atom. The van der Waals surface area contributed by atoms with Crippen LogP contribution < -0.4 is 11.3 Å². The molecule has 3 aromatic rings. The number of nitrogens with two attached hydrogens (primary N) is 1. The molecule has 0 amide bonds. The summed E-state index contributed by atoms with van der Waals surface area (Å²) in [6, 6.07) is 12.9. The zero-order valence-corrected chi connectivity index (χ0v) is 12.7. The molecule has 0 saturated carbocycles. The molecule has 3 rings (SSSR count). The largest absolute Gasteiger partial charge is 0.271 e. The predicted octanol–water partition coefficient (Wildman–Crippen LogP) is 4.44. The molecular formula is C16H14ClFN2S. The minimum absolute atomic E-state index is 0.121. The summed E-state index contributed by atoms with van der Waals surface area (Å²) in [4.78, 5) is 0. The maximum atomic E-state index is 13.6. The zero-order valence-electron chi connectivity index (χ0n) is 11.1. The van der Waals surface area contributed by atoms with Crippen molar-refractivity contribution in [2.24, 2.45) is 5.84 Å². The second-order valence-electron chi connectivity index (χ2n) is 4.85. The van der Waals surface area contributed by atoms with E-state index in [-0.39, 0.29) is 11.1 Å². The molecule has 21 heavy (non-hydrogen) atoms. The van der Waals surface area contributed by atoms with Gasteiger partial charge in [-0.2, -0.15) is 0 Å². The molecule has 0 bridgehead atoms. The molecule has 0 spiro atoms. The standard InChI is InChI=1S/C16H14ClFN2S/c17-13-6-5-10(7-14(13)18)15(20-19)8-11-9-21-16-4-2-1-3-12(11)16/h1-7,9,15,20H,8,19H2. The number of thiophene rings is 1. The van der Waals surface area contributed by atoms with Gasteiger partial charge in [0.1, 0.15) is 5.82 Å². The van der Waals surface area contributed by atoms with Crippen LogP contribution in [0.2, 0.25) is 5.02 Å². The van der Waals surface area contributed by atoms with Gasteiger partial charge in [0.25, 0.3) is 0 Å². The molecule has 1 aromatic heterocycles. The number of hydrogen-bond acceptors (Lipinski definition) is 3. The number of hydrogen-bond donors (Lipinski definition) is 2.